The zero-order valence-corrected chi connectivity index (χ0v) is 11.0. The summed E-state index contributed by atoms with van der Waals surface area (Å²) in [6.45, 7) is 0.355. The summed E-state index contributed by atoms with van der Waals surface area (Å²) in [6.07, 6.45) is 1.50. The fraction of sp³-hybridized carbons (Fsp3) is 0.143. The molecule has 0 unspecified atom stereocenters. The van der Waals surface area contributed by atoms with Gasteiger partial charge in [-0.3, -0.25) is 4.79 Å². The van der Waals surface area contributed by atoms with Gasteiger partial charge in [0.1, 0.15) is 0 Å². The number of aromatic amines is 1. The number of benzene rings is 1. The van der Waals surface area contributed by atoms with Gasteiger partial charge in [0.25, 0.3) is 5.56 Å². The Bertz CT molecular complexity index is 670. The van der Waals surface area contributed by atoms with E-state index in [-0.39, 0.29) is 5.56 Å². The first kappa shape index (κ1) is 13.4. The minimum Gasteiger partial charge on any atom is -0.320 e. The summed E-state index contributed by atoms with van der Waals surface area (Å²) in [5, 5.41) is 0.617. The largest absolute Gasteiger partial charge is 0.320 e. The summed E-state index contributed by atoms with van der Waals surface area (Å²) in [7, 11) is 0. The minimum atomic E-state index is -0.139. The van der Waals surface area contributed by atoms with Gasteiger partial charge in [0.15, 0.2) is 5.16 Å². The Labute approximate surface area is 115 Å². The highest BCUT2D eigenvalue weighted by Gasteiger charge is 1.99. The topological polar surface area (TPSA) is 71.8 Å². The first-order valence-corrected chi connectivity index (χ1v) is 6.72. The molecule has 1 aromatic heterocycles. The lowest BCUT2D eigenvalue weighted by molar-refractivity contribution is 0.936. The number of aromatic nitrogens is 2. The zero-order valence-electron chi connectivity index (χ0n) is 10.2. The van der Waals surface area contributed by atoms with Crippen molar-refractivity contribution >= 4 is 11.8 Å². The van der Waals surface area contributed by atoms with Crippen LogP contribution in [-0.2, 0) is 5.75 Å². The number of hydrogen-bond donors (Lipinski definition) is 2. The molecule has 1 aromatic carbocycles. The van der Waals surface area contributed by atoms with Crippen LogP contribution >= 0.6 is 11.8 Å². The van der Waals surface area contributed by atoms with E-state index in [0.717, 1.165) is 16.9 Å². The Hall–Kier alpha value is -2.03. The quantitative estimate of drug-likeness (QED) is 0.502. The molecule has 0 radical (unpaired) electrons. The van der Waals surface area contributed by atoms with Gasteiger partial charge in [0.2, 0.25) is 0 Å². The number of rotatable bonds is 3. The zero-order chi connectivity index (χ0) is 13.5. The third-order valence-electron chi connectivity index (χ3n) is 2.29. The Kier molecular flexibility index (Phi) is 4.78. The third kappa shape index (κ3) is 4.28. The first-order valence-electron chi connectivity index (χ1n) is 5.74. The number of thioether (sulfide) groups is 1. The molecule has 0 fully saturated rings. The van der Waals surface area contributed by atoms with E-state index in [4.69, 9.17) is 5.73 Å². The lowest BCUT2D eigenvalue weighted by Gasteiger charge is -2.01. The minimum absolute atomic E-state index is 0.139. The monoisotopic (exact) mass is 271 g/mol. The van der Waals surface area contributed by atoms with Gasteiger partial charge in [-0.1, -0.05) is 35.7 Å². The molecule has 3 N–H and O–H groups in total. The average molecular weight is 271 g/mol. The van der Waals surface area contributed by atoms with Crippen molar-refractivity contribution in [2.24, 2.45) is 5.73 Å². The van der Waals surface area contributed by atoms with Crippen molar-refractivity contribution in [3.05, 3.63) is 58.0 Å². The van der Waals surface area contributed by atoms with E-state index in [2.05, 4.69) is 21.8 Å². The molecule has 0 spiro atoms. The molecule has 5 heteroatoms. The molecule has 4 nitrogen and oxygen atoms in total. The van der Waals surface area contributed by atoms with Gasteiger partial charge in [-0.15, -0.1) is 0 Å². The van der Waals surface area contributed by atoms with Gasteiger partial charge in [0.05, 0.1) is 6.54 Å². The molecule has 0 atom stereocenters. The van der Waals surface area contributed by atoms with E-state index < -0.39 is 0 Å². The van der Waals surface area contributed by atoms with E-state index in [1.165, 1.54) is 24.0 Å². The molecule has 0 bridgehead atoms. The maximum atomic E-state index is 11.1. The van der Waals surface area contributed by atoms with Crippen LogP contribution in [0.2, 0.25) is 0 Å². The molecule has 2 aromatic rings. The van der Waals surface area contributed by atoms with Crippen LogP contribution in [0, 0.1) is 11.8 Å². The van der Waals surface area contributed by atoms with Crippen LogP contribution in [0.4, 0.5) is 0 Å². The molecule has 0 saturated heterocycles. The Morgan fingerprint density at radius 1 is 1.37 bits per heavy atom. The van der Waals surface area contributed by atoms with Crippen molar-refractivity contribution in [2.75, 3.05) is 6.54 Å². The Balaban J connectivity index is 2.05. The van der Waals surface area contributed by atoms with Crippen LogP contribution in [0.15, 0.2) is 46.5 Å². The summed E-state index contributed by atoms with van der Waals surface area (Å²) in [4.78, 5) is 17.9. The van der Waals surface area contributed by atoms with Crippen molar-refractivity contribution in [3.63, 3.8) is 0 Å². The molecule has 0 saturated carbocycles. The lowest BCUT2D eigenvalue weighted by atomic mass is 10.1. The van der Waals surface area contributed by atoms with Gasteiger partial charge in [0, 0.05) is 23.6 Å². The summed E-state index contributed by atoms with van der Waals surface area (Å²) < 4.78 is 0. The van der Waals surface area contributed by atoms with Gasteiger partial charge < -0.3 is 10.7 Å². The predicted octanol–water partition coefficient (Wildman–Crippen LogP) is 1.37. The van der Waals surface area contributed by atoms with Crippen molar-refractivity contribution in [3.8, 4) is 11.8 Å². The van der Waals surface area contributed by atoms with Crippen molar-refractivity contribution in [2.45, 2.75) is 10.9 Å². The molecule has 0 aliphatic heterocycles. The number of nitrogens with zero attached hydrogens (tertiary/aromatic N) is 1. The van der Waals surface area contributed by atoms with Gasteiger partial charge >= 0.3 is 0 Å². The molecule has 0 amide bonds. The van der Waals surface area contributed by atoms with E-state index in [1.54, 1.807) is 0 Å². The van der Waals surface area contributed by atoms with Gasteiger partial charge in [-0.25, -0.2) is 4.98 Å². The highest BCUT2D eigenvalue weighted by Crippen LogP contribution is 2.18. The van der Waals surface area contributed by atoms with Crippen molar-refractivity contribution in [1.29, 1.82) is 0 Å². The summed E-state index contributed by atoms with van der Waals surface area (Å²) in [6, 6.07) is 9.32. The number of H-pyrrole nitrogens is 1. The SMILES string of the molecule is NCC#Cc1cccc(CSc2nccc(=O)[nH]2)c1. The maximum absolute atomic E-state index is 11.1. The standard InChI is InChI=1S/C14H13N3OS/c15-7-2-5-11-3-1-4-12(9-11)10-19-14-16-8-6-13(18)17-14/h1,3-4,6,8-9H,7,10,15H2,(H,16,17,18). The normalized spacial score (nSPS) is 9.74. The molecule has 0 aliphatic carbocycles. The van der Waals surface area contributed by atoms with Crippen LogP contribution in [0.25, 0.3) is 0 Å². The third-order valence-corrected chi connectivity index (χ3v) is 3.24. The number of nitrogens with one attached hydrogen (secondary N) is 1. The highest BCUT2D eigenvalue weighted by molar-refractivity contribution is 7.98. The molecular formula is C14H13N3OS. The Morgan fingerprint density at radius 3 is 3.05 bits per heavy atom. The highest BCUT2D eigenvalue weighted by atomic mass is 32.2. The second-order valence-electron chi connectivity index (χ2n) is 3.73. The van der Waals surface area contributed by atoms with Crippen molar-refractivity contribution < 1.29 is 0 Å². The first-order chi connectivity index (χ1) is 9.28. The predicted molar refractivity (Wildman–Crippen MR) is 76.8 cm³/mol. The van der Waals surface area contributed by atoms with Crippen LogP contribution < -0.4 is 11.3 Å². The van der Waals surface area contributed by atoms with Crippen LogP contribution in [-0.4, -0.2) is 16.5 Å². The average Bonchev–Trinajstić information content (AvgIpc) is 2.43. The second kappa shape index (κ2) is 6.78. The van der Waals surface area contributed by atoms with E-state index in [0.29, 0.717) is 11.7 Å². The molecule has 0 aliphatic rings. The Morgan fingerprint density at radius 2 is 2.26 bits per heavy atom. The molecule has 96 valence electrons. The van der Waals surface area contributed by atoms with Gasteiger partial charge in [-0.05, 0) is 17.7 Å². The summed E-state index contributed by atoms with van der Waals surface area (Å²) >= 11 is 1.48. The molecule has 19 heavy (non-hydrogen) atoms. The van der Waals surface area contributed by atoms with Crippen molar-refractivity contribution in [1.82, 2.24) is 9.97 Å². The lowest BCUT2D eigenvalue weighted by Crippen LogP contribution is -2.05. The maximum Gasteiger partial charge on any atom is 0.251 e. The number of hydrogen-bond acceptors (Lipinski definition) is 4. The molecule has 2 rings (SSSR count). The van der Waals surface area contributed by atoms with Crippen LogP contribution in [0.5, 0.6) is 0 Å². The van der Waals surface area contributed by atoms with E-state index >= 15 is 0 Å². The fourth-order valence-electron chi connectivity index (χ4n) is 1.47. The van der Waals surface area contributed by atoms with Crippen LogP contribution in [0.3, 0.4) is 0 Å². The van der Waals surface area contributed by atoms with E-state index in [9.17, 15) is 4.79 Å². The molecular weight excluding hydrogens is 258 g/mol. The van der Waals surface area contributed by atoms with E-state index in [1.807, 2.05) is 24.3 Å². The second-order valence-corrected chi connectivity index (χ2v) is 4.70. The fourth-order valence-corrected chi connectivity index (χ4v) is 2.26. The summed E-state index contributed by atoms with van der Waals surface area (Å²) in [5.41, 5.74) is 7.27. The van der Waals surface area contributed by atoms with Crippen LogP contribution in [0.1, 0.15) is 11.1 Å². The summed E-state index contributed by atoms with van der Waals surface area (Å²) in [5.74, 6) is 6.55. The molecule has 1 heterocycles. The van der Waals surface area contributed by atoms with Gasteiger partial charge in [-0.2, -0.15) is 0 Å². The number of nitrogens with two attached hydrogens (primary N) is 1. The smallest absolute Gasteiger partial charge is 0.251 e.